The fraction of sp³-hybridized carbons (Fsp3) is 0.423. The summed E-state index contributed by atoms with van der Waals surface area (Å²) in [5, 5.41) is 6.32. The van der Waals surface area contributed by atoms with Gasteiger partial charge < -0.3 is 9.80 Å². The van der Waals surface area contributed by atoms with Crippen LogP contribution in [0.5, 0.6) is 0 Å². The van der Waals surface area contributed by atoms with Crippen LogP contribution in [0.15, 0.2) is 60.1 Å². The number of carbonyl (C=O) groups excluding carboxylic acids is 2. The number of thiophene rings is 1. The van der Waals surface area contributed by atoms with E-state index in [-0.39, 0.29) is 17.9 Å². The van der Waals surface area contributed by atoms with Gasteiger partial charge in [0.2, 0.25) is 5.91 Å². The molecule has 0 radical (unpaired) electrons. The van der Waals surface area contributed by atoms with Gasteiger partial charge in [0.15, 0.2) is 0 Å². The van der Waals surface area contributed by atoms with Gasteiger partial charge in [-0.05, 0) is 55.2 Å². The second kappa shape index (κ2) is 10.8. The molecule has 174 valence electrons. The number of hydrogen-bond acceptors (Lipinski definition) is 4. The van der Waals surface area contributed by atoms with Crippen molar-refractivity contribution >= 4 is 23.2 Å². The molecule has 1 fully saturated rings. The van der Waals surface area contributed by atoms with Crippen molar-refractivity contribution in [3.63, 3.8) is 0 Å². The van der Waals surface area contributed by atoms with Crippen molar-refractivity contribution in [2.45, 2.75) is 45.2 Å². The van der Waals surface area contributed by atoms with Crippen molar-refractivity contribution in [1.82, 2.24) is 19.6 Å². The first-order valence-electron chi connectivity index (χ1n) is 11.6. The summed E-state index contributed by atoms with van der Waals surface area (Å²) in [5.74, 6) is 0.625. The Hall–Kier alpha value is -2.93. The number of carbonyl (C=O) groups is 2. The first-order valence-corrected chi connectivity index (χ1v) is 12.5. The molecule has 3 aromatic rings. The predicted octanol–water partition coefficient (Wildman–Crippen LogP) is 4.27. The van der Waals surface area contributed by atoms with E-state index in [2.05, 4.69) is 29.4 Å². The fourth-order valence-corrected chi connectivity index (χ4v) is 5.40. The Bertz CT molecular complexity index is 1040. The Morgan fingerprint density at radius 1 is 1.12 bits per heavy atom. The average molecular weight is 465 g/mol. The molecule has 4 rings (SSSR count). The topological polar surface area (TPSA) is 58.4 Å². The van der Waals surface area contributed by atoms with Crippen LogP contribution in [0, 0.1) is 12.8 Å². The zero-order valence-corrected chi connectivity index (χ0v) is 20.2. The standard InChI is InChI=1S/C26H32N4O2S/c1-20-10-16-30(27-20)17-13-25(31)29-14-11-22(12-15-29)23(19-21-7-4-3-5-8-21)28(2)26(32)24-9-6-18-33-24/h3-10,16,18,22-23H,11-15,17,19H2,1-2H3. The third kappa shape index (κ3) is 5.90. The van der Waals surface area contributed by atoms with Gasteiger partial charge in [0.1, 0.15) is 0 Å². The average Bonchev–Trinajstić information content (AvgIpc) is 3.53. The zero-order chi connectivity index (χ0) is 23.2. The van der Waals surface area contributed by atoms with Crippen LogP contribution in [0.25, 0.3) is 0 Å². The van der Waals surface area contributed by atoms with E-state index in [9.17, 15) is 9.59 Å². The van der Waals surface area contributed by atoms with Crippen LogP contribution < -0.4 is 0 Å². The second-order valence-corrected chi connectivity index (χ2v) is 9.79. The lowest BCUT2D eigenvalue weighted by Gasteiger charge is -2.40. The van der Waals surface area contributed by atoms with Crippen molar-refractivity contribution in [1.29, 1.82) is 0 Å². The molecule has 2 aromatic heterocycles. The van der Waals surface area contributed by atoms with Gasteiger partial charge in [-0.1, -0.05) is 36.4 Å². The third-order valence-corrected chi connectivity index (χ3v) is 7.46. The Balaban J connectivity index is 1.39. The van der Waals surface area contributed by atoms with Crippen LogP contribution in [-0.2, 0) is 17.8 Å². The van der Waals surface area contributed by atoms with Crippen molar-refractivity contribution in [2.24, 2.45) is 5.92 Å². The summed E-state index contributed by atoms with van der Waals surface area (Å²) in [6.45, 7) is 4.05. The highest BCUT2D eigenvalue weighted by atomic mass is 32.1. The third-order valence-electron chi connectivity index (χ3n) is 6.60. The van der Waals surface area contributed by atoms with Gasteiger partial charge in [-0.3, -0.25) is 14.3 Å². The molecular weight excluding hydrogens is 432 g/mol. The van der Waals surface area contributed by atoms with Gasteiger partial charge in [-0.2, -0.15) is 5.10 Å². The molecule has 1 saturated heterocycles. The fourth-order valence-electron chi connectivity index (χ4n) is 4.69. The summed E-state index contributed by atoms with van der Waals surface area (Å²) in [6, 6.07) is 16.3. The van der Waals surface area contributed by atoms with E-state index in [1.807, 2.05) is 64.3 Å². The quantitative estimate of drug-likeness (QED) is 0.500. The molecule has 33 heavy (non-hydrogen) atoms. The summed E-state index contributed by atoms with van der Waals surface area (Å²) < 4.78 is 1.83. The van der Waals surface area contributed by atoms with E-state index >= 15 is 0 Å². The predicted molar refractivity (Wildman–Crippen MR) is 131 cm³/mol. The van der Waals surface area contributed by atoms with E-state index in [0.29, 0.717) is 18.9 Å². The highest BCUT2D eigenvalue weighted by molar-refractivity contribution is 7.12. The largest absolute Gasteiger partial charge is 0.343 e. The monoisotopic (exact) mass is 464 g/mol. The Kier molecular flexibility index (Phi) is 7.60. The summed E-state index contributed by atoms with van der Waals surface area (Å²) in [4.78, 5) is 30.6. The van der Waals surface area contributed by atoms with Gasteiger partial charge in [-0.25, -0.2) is 0 Å². The van der Waals surface area contributed by atoms with Gasteiger partial charge in [0, 0.05) is 45.3 Å². The molecule has 0 N–H and O–H groups in total. The molecule has 0 spiro atoms. The molecule has 1 unspecified atom stereocenters. The minimum Gasteiger partial charge on any atom is -0.343 e. The number of likely N-dealkylation sites (tertiary alicyclic amines) is 1. The normalized spacial score (nSPS) is 15.4. The maximum Gasteiger partial charge on any atom is 0.263 e. The van der Waals surface area contributed by atoms with Crippen molar-refractivity contribution < 1.29 is 9.59 Å². The Morgan fingerprint density at radius 2 is 1.88 bits per heavy atom. The molecular formula is C26H32N4O2S. The van der Waals surface area contributed by atoms with Gasteiger partial charge >= 0.3 is 0 Å². The summed E-state index contributed by atoms with van der Waals surface area (Å²) >= 11 is 1.49. The number of amides is 2. The molecule has 6 nitrogen and oxygen atoms in total. The maximum atomic E-state index is 13.1. The summed E-state index contributed by atoms with van der Waals surface area (Å²) in [5.41, 5.74) is 2.20. The van der Waals surface area contributed by atoms with Crippen LogP contribution >= 0.6 is 11.3 Å². The molecule has 7 heteroatoms. The number of piperidine rings is 1. The number of benzene rings is 1. The van der Waals surface area contributed by atoms with E-state index in [4.69, 9.17) is 0 Å². The first kappa shape index (κ1) is 23.2. The molecule has 1 aliphatic heterocycles. The van der Waals surface area contributed by atoms with Crippen LogP contribution in [0.2, 0.25) is 0 Å². The van der Waals surface area contributed by atoms with Gasteiger partial charge in [-0.15, -0.1) is 11.3 Å². The van der Waals surface area contributed by atoms with E-state index in [0.717, 1.165) is 42.9 Å². The smallest absolute Gasteiger partial charge is 0.263 e. The Morgan fingerprint density at radius 3 is 2.52 bits per heavy atom. The minimum atomic E-state index is 0.0824. The molecule has 0 saturated carbocycles. The lowest BCUT2D eigenvalue weighted by atomic mass is 9.84. The first-order chi connectivity index (χ1) is 16.0. The lowest BCUT2D eigenvalue weighted by molar-refractivity contribution is -0.133. The highest BCUT2D eigenvalue weighted by Crippen LogP contribution is 2.28. The number of hydrogen-bond donors (Lipinski definition) is 0. The molecule has 2 amide bonds. The van der Waals surface area contributed by atoms with Crippen LogP contribution in [0.4, 0.5) is 0 Å². The lowest BCUT2D eigenvalue weighted by Crippen LogP contribution is -2.48. The summed E-state index contributed by atoms with van der Waals surface area (Å²) in [7, 11) is 1.93. The van der Waals surface area contributed by atoms with Crippen LogP contribution in [0.3, 0.4) is 0 Å². The highest BCUT2D eigenvalue weighted by Gasteiger charge is 2.33. The SMILES string of the molecule is Cc1ccn(CCC(=O)N2CCC(C(Cc3ccccc3)N(C)C(=O)c3cccs3)CC2)n1. The number of rotatable bonds is 8. The molecule has 1 aromatic carbocycles. The van der Waals surface area contributed by atoms with E-state index in [1.54, 1.807) is 0 Å². The number of nitrogens with zero attached hydrogens (tertiary/aromatic N) is 4. The maximum absolute atomic E-state index is 13.1. The van der Waals surface area contributed by atoms with Gasteiger partial charge in [0.05, 0.1) is 10.6 Å². The molecule has 1 aliphatic rings. The van der Waals surface area contributed by atoms with Crippen molar-refractivity contribution in [3.8, 4) is 0 Å². The molecule has 1 atom stereocenters. The minimum absolute atomic E-state index is 0.0824. The Labute approximate surface area is 199 Å². The van der Waals surface area contributed by atoms with Crippen LogP contribution in [-0.4, -0.2) is 57.6 Å². The molecule has 3 heterocycles. The molecule has 0 bridgehead atoms. The second-order valence-electron chi connectivity index (χ2n) is 8.84. The molecule has 0 aliphatic carbocycles. The van der Waals surface area contributed by atoms with Crippen molar-refractivity contribution in [3.05, 3.63) is 76.2 Å². The van der Waals surface area contributed by atoms with Crippen LogP contribution in [0.1, 0.15) is 40.2 Å². The zero-order valence-electron chi connectivity index (χ0n) is 19.4. The van der Waals surface area contributed by atoms with E-state index in [1.165, 1.54) is 16.9 Å². The van der Waals surface area contributed by atoms with E-state index < -0.39 is 0 Å². The summed E-state index contributed by atoms with van der Waals surface area (Å²) in [6.07, 6.45) is 5.03. The number of aryl methyl sites for hydroxylation is 2. The number of aromatic nitrogens is 2. The van der Waals surface area contributed by atoms with Crippen molar-refractivity contribution in [2.75, 3.05) is 20.1 Å². The number of likely N-dealkylation sites (N-methyl/N-ethyl adjacent to an activating group) is 1. The van der Waals surface area contributed by atoms with Gasteiger partial charge in [0.25, 0.3) is 5.91 Å².